The number of rotatable bonds is 3. The average Bonchev–Trinajstić information content (AvgIpc) is 1.99. The van der Waals surface area contributed by atoms with Gasteiger partial charge in [-0.05, 0) is 23.2 Å². The number of hydrogen-bond donors (Lipinski definition) is 0. The van der Waals surface area contributed by atoms with Crippen LogP contribution in [0.15, 0.2) is 10.6 Å². The Bertz CT molecular complexity index is 348. The third-order valence-corrected chi connectivity index (χ3v) is 4.42. The fourth-order valence-corrected chi connectivity index (χ4v) is 3.38. The predicted octanol–water partition coefficient (Wildman–Crippen LogP) is 2.35. The van der Waals surface area contributed by atoms with E-state index in [0.29, 0.717) is 12.5 Å². The third kappa shape index (κ3) is 3.89. The Hall–Kier alpha value is 0.130. The molecule has 88 valence electrons. The van der Waals surface area contributed by atoms with Gasteiger partial charge in [0.25, 0.3) is 0 Å². The van der Waals surface area contributed by atoms with Gasteiger partial charge in [0.05, 0.1) is 6.26 Å². The fourth-order valence-electron chi connectivity index (χ4n) is 1.84. The maximum atomic E-state index is 11.6. The quantitative estimate of drug-likeness (QED) is 0.801. The zero-order valence-electron chi connectivity index (χ0n) is 9.40. The van der Waals surface area contributed by atoms with Crippen molar-refractivity contribution in [1.29, 1.82) is 0 Å². The molecule has 0 aromatic heterocycles. The Morgan fingerprint density at radius 1 is 1.60 bits per heavy atom. The van der Waals surface area contributed by atoms with Crippen molar-refractivity contribution in [2.75, 3.05) is 12.8 Å². The molecule has 1 heterocycles. The Labute approximate surface area is 101 Å². The van der Waals surface area contributed by atoms with Crippen LogP contribution in [0.5, 0.6) is 0 Å². The van der Waals surface area contributed by atoms with Gasteiger partial charge in [0.15, 0.2) is 0 Å². The van der Waals surface area contributed by atoms with Crippen LogP contribution < -0.4 is 0 Å². The minimum atomic E-state index is -3.08. The van der Waals surface area contributed by atoms with E-state index >= 15 is 0 Å². The first-order valence-electron chi connectivity index (χ1n) is 5.13. The van der Waals surface area contributed by atoms with Crippen molar-refractivity contribution in [3.05, 3.63) is 10.6 Å². The van der Waals surface area contributed by atoms with E-state index in [1.807, 2.05) is 6.08 Å². The minimum absolute atomic E-state index is 0.0168. The SMILES string of the molecule is CC(C)C[C@@H]1C=C(Br)CCN1S(C)(=O)=O. The van der Waals surface area contributed by atoms with Crippen LogP contribution in [0.3, 0.4) is 0 Å². The second-order valence-corrected chi connectivity index (χ2v) is 7.39. The van der Waals surface area contributed by atoms with Gasteiger partial charge in [-0.3, -0.25) is 0 Å². The van der Waals surface area contributed by atoms with Crippen LogP contribution >= 0.6 is 15.9 Å². The zero-order valence-corrected chi connectivity index (χ0v) is 11.8. The van der Waals surface area contributed by atoms with Crippen molar-refractivity contribution in [3.8, 4) is 0 Å². The maximum absolute atomic E-state index is 11.6. The lowest BCUT2D eigenvalue weighted by atomic mass is 10.0. The molecule has 1 aliphatic heterocycles. The van der Waals surface area contributed by atoms with Gasteiger partial charge in [-0.2, -0.15) is 4.31 Å². The Morgan fingerprint density at radius 2 is 2.20 bits per heavy atom. The average molecular weight is 296 g/mol. The highest BCUT2D eigenvalue weighted by molar-refractivity contribution is 9.11. The van der Waals surface area contributed by atoms with Gasteiger partial charge in [0.1, 0.15) is 0 Å². The van der Waals surface area contributed by atoms with Gasteiger partial charge in [-0.25, -0.2) is 8.42 Å². The molecule has 0 amide bonds. The first-order valence-corrected chi connectivity index (χ1v) is 7.78. The van der Waals surface area contributed by atoms with Gasteiger partial charge < -0.3 is 0 Å². The van der Waals surface area contributed by atoms with Gasteiger partial charge in [0, 0.05) is 12.6 Å². The topological polar surface area (TPSA) is 37.4 Å². The molecular weight excluding hydrogens is 278 g/mol. The molecule has 3 nitrogen and oxygen atoms in total. The Kier molecular flexibility index (Phi) is 4.38. The highest BCUT2D eigenvalue weighted by Crippen LogP contribution is 2.26. The van der Waals surface area contributed by atoms with Crippen LogP contribution in [-0.4, -0.2) is 31.6 Å². The number of halogens is 1. The summed E-state index contributed by atoms with van der Waals surface area (Å²) in [5.74, 6) is 0.494. The van der Waals surface area contributed by atoms with Crippen molar-refractivity contribution < 1.29 is 8.42 Å². The van der Waals surface area contributed by atoms with Gasteiger partial charge >= 0.3 is 0 Å². The van der Waals surface area contributed by atoms with Crippen LogP contribution in [0, 0.1) is 5.92 Å². The number of hydrogen-bond acceptors (Lipinski definition) is 2. The molecule has 5 heteroatoms. The Morgan fingerprint density at radius 3 is 2.67 bits per heavy atom. The molecule has 0 bridgehead atoms. The number of nitrogens with zero attached hydrogens (tertiary/aromatic N) is 1. The van der Waals surface area contributed by atoms with Crippen LogP contribution in [0.4, 0.5) is 0 Å². The van der Waals surface area contributed by atoms with E-state index < -0.39 is 10.0 Å². The summed E-state index contributed by atoms with van der Waals surface area (Å²) in [4.78, 5) is 0. The smallest absolute Gasteiger partial charge is 0.211 e. The lowest BCUT2D eigenvalue weighted by Gasteiger charge is -2.32. The summed E-state index contributed by atoms with van der Waals surface area (Å²) in [7, 11) is -3.08. The molecule has 15 heavy (non-hydrogen) atoms. The molecule has 0 aromatic rings. The third-order valence-electron chi connectivity index (χ3n) is 2.45. The summed E-state index contributed by atoms with van der Waals surface area (Å²) >= 11 is 3.45. The molecule has 0 spiro atoms. The van der Waals surface area contributed by atoms with Crippen molar-refractivity contribution in [3.63, 3.8) is 0 Å². The van der Waals surface area contributed by atoms with E-state index in [-0.39, 0.29) is 6.04 Å². The van der Waals surface area contributed by atoms with Crippen molar-refractivity contribution in [1.82, 2.24) is 4.31 Å². The van der Waals surface area contributed by atoms with Crippen molar-refractivity contribution in [2.45, 2.75) is 32.7 Å². The minimum Gasteiger partial charge on any atom is -0.212 e. The monoisotopic (exact) mass is 295 g/mol. The molecule has 0 saturated heterocycles. The van der Waals surface area contributed by atoms with Crippen molar-refractivity contribution >= 4 is 26.0 Å². The molecule has 1 rings (SSSR count). The Balaban J connectivity index is 2.88. The van der Waals surface area contributed by atoms with Crippen LogP contribution in [0.1, 0.15) is 26.7 Å². The molecule has 0 fully saturated rings. The molecule has 0 radical (unpaired) electrons. The van der Waals surface area contributed by atoms with E-state index in [2.05, 4.69) is 29.8 Å². The van der Waals surface area contributed by atoms with E-state index in [1.165, 1.54) is 6.26 Å². The maximum Gasteiger partial charge on any atom is 0.211 e. The summed E-state index contributed by atoms with van der Waals surface area (Å²) in [6.07, 6.45) is 4.96. The molecule has 0 aromatic carbocycles. The molecular formula is C10H18BrNO2S. The van der Waals surface area contributed by atoms with Crippen LogP contribution in [0.25, 0.3) is 0 Å². The molecule has 0 unspecified atom stereocenters. The lowest BCUT2D eigenvalue weighted by molar-refractivity contribution is 0.316. The van der Waals surface area contributed by atoms with E-state index in [9.17, 15) is 8.42 Å². The summed E-state index contributed by atoms with van der Waals surface area (Å²) in [6.45, 7) is 4.81. The summed E-state index contributed by atoms with van der Waals surface area (Å²) < 4.78 is 25.8. The van der Waals surface area contributed by atoms with E-state index in [1.54, 1.807) is 4.31 Å². The molecule has 1 atom stereocenters. The standard InChI is InChI=1S/C10H18BrNO2S/c1-8(2)6-10-7-9(11)4-5-12(10)15(3,13)14/h7-8,10H,4-6H2,1-3H3/t10-/m1/s1. The van der Waals surface area contributed by atoms with E-state index in [4.69, 9.17) is 0 Å². The predicted molar refractivity (Wildman–Crippen MR) is 66.4 cm³/mol. The lowest BCUT2D eigenvalue weighted by Crippen LogP contribution is -2.42. The second-order valence-electron chi connectivity index (χ2n) is 4.43. The fraction of sp³-hybridized carbons (Fsp3) is 0.800. The van der Waals surface area contributed by atoms with E-state index in [0.717, 1.165) is 17.3 Å². The molecule has 0 aliphatic carbocycles. The highest BCUT2D eigenvalue weighted by Gasteiger charge is 2.28. The first-order chi connectivity index (χ1) is 6.80. The first kappa shape index (κ1) is 13.2. The van der Waals surface area contributed by atoms with Gasteiger partial charge in [0.2, 0.25) is 10.0 Å². The van der Waals surface area contributed by atoms with Gasteiger partial charge in [-0.1, -0.05) is 35.9 Å². The highest BCUT2D eigenvalue weighted by atomic mass is 79.9. The number of sulfonamides is 1. The van der Waals surface area contributed by atoms with Crippen LogP contribution in [-0.2, 0) is 10.0 Å². The van der Waals surface area contributed by atoms with Crippen molar-refractivity contribution in [2.24, 2.45) is 5.92 Å². The largest absolute Gasteiger partial charge is 0.212 e. The van der Waals surface area contributed by atoms with Crippen LogP contribution in [0.2, 0.25) is 0 Å². The summed E-state index contributed by atoms with van der Waals surface area (Å²) in [5, 5.41) is 0. The molecule has 0 saturated carbocycles. The molecule has 1 aliphatic rings. The second kappa shape index (κ2) is 4.97. The van der Waals surface area contributed by atoms with Gasteiger partial charge in [-0.15, -0.1) is 0 Å². The normalized spacial score (nSPS) is 24.3. The summed E-state index contributed by atoms with van der Waals surface area (Å²) in [5.41, 5.74) is 0. The summed E-state index contributed by atoms with van der Waals surface area (Å²) in [6, 6.07) is 0.0168. The zero-order chi connectivity index (χ0) is 11.6. The molecule has 0 N–H and O–H groups in total.